The first-order valence-electron chi connectivity index (χ1n) is 4.93. The first-order valence-corrected chi connectivity index (χ1v) is 4.93. The molecule has 1 aliphatic heterocycles. The number of anilines is 1. The summed E-state index contributed by atoms with van der Waals surface area (Å²) in [7, 11) is 1.60. The molecule has 0 radical (unpaired) electrons. The van der Waals surface area contributed by atoms with E-state index in [-0.39, 0.29) is 0 Å². The van der Waals surface area contributed by atoms with E-state index in [1.54, 1.807) is 13.2 Å². The Kier molecular flexibility index (Phi) is 2.48. The molecule has 0 aliphatic carbocycles. The average molecular weight is 193 g/mol. The minimum Gasteiger partial charge on any atom is -0.506 e. The molecule has 0 atom stereocenters. The van der Waals surface area contributed by atoms with Gasteiger partial charge in [0.2, 0.25) is 0 Å². The topological polar surface area (TPSA) is 32.7 Å². The number of rotatable bonds is 2. The minimum atomic E-state index is 0.311. The molecule has 0 amide bonds. The Morgan fingerprint density at radius 2 is 2.00 bits per heavy atom. The Labute approximate surface area is 83.9 Å². The van der Waals surface area contributed by atoms with Gasteiger partial charge in [0, 0.05) is 19.2 Å². The van der Waals surface area contributed by atoms with Gasteiger partial charge >= 0.3 is 0 Å². The number of methoxy groups -OCH3 is 1. The SMILES string of the molecule is COc1ccc(N2CCCC2)c(O)c1. The summed E-state index contributed by atoms with van der Waals surface area (Å²) in [5.41, 5.74) is 0.920. The molecule has 2 rings (SSSR count). The zero-order chi connectivity index (χ0) is 9.97. The third kappa shape index (κ3) is 1.62. The predicted molar refractivity (Wildman–Crippen MR) is 56.1 cm³/mol. The first kappa shape index (κ1) is 9.19. The largest absolute Gasteiger partial charge is 0.506 e. The van der Waals surface area contributed by atoms with E-state index in [4.69, 9.17) is 4.74 Å². The third-order valence-electron chi connectivity index (χ3n) is 2.63. The first-order chi connectivity index (χ1) is 6.81. The fraction of sp³-hybridized carbons (Fsp3) is 0.455. The van der Waals surface area contributed by atoms with Gasteiger partial charge in [0.15, 0.2) is 0 Å². The Hall–Kier alpha value is -1.38. The highest BCUT2D eigenvalue weighted by molar-refractivity contribution is 5.60. The number of ether oxygens (including phenoxy) is 1. The van der Waals surface area contributed by atoms with E-state index in [1.165, 1.54) is 12.8 Å². The molecule has 1 N–H and O–H groups in total. The molecular weight excluding hydrogens is 178 g/mol. The van der Waals surface area contributed by atoms with Gasteiger partial charge in [-0.15, -0.1) is 0 Å². The summed E-state index contributed by atoms with van der Waals surface area (Å²) in [5.74, 6) is 1.01. The molecule has 1 saturated heterocycles. The number of phenolic OH excluding ortho intramolecular Hbond substituents is 1. The van der Waals surface area contributed by atoms with Crippen molar-refractivity contribution in [2.45, 2.75) is 12.8 Å². The number of phenols is 1. The molecule has 0 aromatic heterocycles. The second-order valence-corrected chi connectivity index (χ2v) is 3.55. The molecule has 3 heteroatoms. The van der Waals surface area contributed by atoms with Gasteiger partial charge in [0.1, 0.15) is 11.5 Å². The normalized spacial score (nSPS) is 15.9. The van der Waals surface area contributed by atoms with Crippen molar-refractivity contribution >= 4 is 5.69 Å². The van der Waals surface area contributed by atoms with E-state index in [1.807, 2.05) is 12.1 Å². The van der Waals surface area contributed by atoms with E-state index >= 15 is 0 Å². The molecule has 0 spiro atoms. The summed E-state index contributed by atoms with van der Waals surface area (Å²) in [6.45, 7) is 2.08. The van der Waals surface area contributed by atoms with Crippen LogP contribution >= 0.6 is 0 Å². The van der Waals surface area contributed by atoms with Crippen LogP contribution < -0.4 is 9.64 Å². The van der Waals surface area contributed by atoms with E-state index < -0.39 is 0 Å². The molecule has 1 fully saturated rings. The zero-order valence-corrected chi connectivity index (χ0v) is 8.36. The van der Waals surface area contributed by atoms with Crippen LogP contribution in [0.5, 0.6) is 11.5 Å². The molecule has 0 bridgehead atoms. The van der Waals surface area contributed by atoms with Crippen molar-refractivity contribution in [1.82, 2.24) is 0 Å². The lowest BCUT2D eigenvalue weighted by Crippen LogP contribution is -2.17. The number of aromatic hydroxyl groups is 1. The highest BCUT2D eigenvalue weighted by Crippen LogP contribution is 2.32. The molecule has 0 saturated carbocycles. The van der Waals surface area contributed by atoms with Gasteiger partial charge in [-0.05, 0) is 25.0 Å². The summed E-state index contributed by atoms with van der Waals surface area (Å²) < 4.78 is 5.03. The van der Waals surface area contributed by atoms with Crippen molar-refractivity contribution in [2.75, 3.05) is 25.1 Å². The van der Waals surface area contributed by atoms with Gasteiger partial charge in [-0.25, -0.2) is 0 Å². The highest BCUT2D eigenvalue weighted by Gasteiger charge is 2.15. The van der Waals surface area contributed by atoms with Gasteiger partial charge < -0.3 is 14.7 Å². The van der Waals surface area contributed by atoms with Crippen LogP contribution in [0, 0.1) is 0 Å². The molecule has 1 heterocycles. The summed E-state index contributed by atoms with van der Waals surface area (Å²) in [5, 5.41) is 9.76. The molecule has 1 aromatic carbocycles. The summed E-state index contributed by atoms with van der Waals surface area (Å²) in [6.07, 6.45) is 2.43. The van der Waals surface area contributed by atoms with Crippen LogP contribution in [0.4, 0.5) is 5.69 Å². The van der Waals surface area contributed by atoms with Crippen LogP contribution in [0.25, 0.3) is 0 Å². The number of benzene rings is 1. The maximum Gasteiger partial charge on any atom is 0.142 e. The lowest BCUT2D eigenvalue weighted by Gasteiger charge is -2.19. The fourth-order valence-electron chi connectivity index (χ4n) is 1.86. The smallest absolute Gasteiger partial charge is 0.142 e. The van der Waals surface area contributed by atoms with Gasteiger partial charge in [0.05, 0.1) is 12.8 Å². The van der Waals surface area contributed by atoms with Crippen molar-refractivity contribution in [2.24, 2.45) is 0 Å². The molecule has 76 valence electrons. The highest BCUT2D eigenvalue weighted by atomic mass is 16.5. The summed E-state index contributed by atoms with van der Waals surface area (Å²) >= 11 is 0. The zero-order valence-electron chi connectivity index (χ0n) is 8.36. The molecule has 1 aliphatic rings. The Balaban J connectivity index is 2.25. The van der Waals surface area contributed by atoms with E-state index in [9.17, 15) is 5.11 Å². The monoisotopic (exact) mass is 193 g/mol. The van der Waals surface area contributed by atoms with Crippen molar-refractivity contribution in [3.63, 3.8) is 0 Å². The number of hydrogen-bond acceptors (Lipinski definition) is 3. The lowest BCUT2D eigenvalue weighted by molar-refractivity contribution is 0.407. The van der Waals surface area contributed by atoms with Crippen LogP contribution in [0.15, 0.2) is 18.2 Å². The summed E-state index contributed by atoms with van der Waals surface area (Å²) in [6, 6.07) is 5.46. The van der Waals surface area contributed by atoms with Crippen molar-refractivity contribution in [3.8, 4) is 11.5 Å². The van der Waals surface area contributed by atoms with E-state index in [0.717, 1.165) is 18.8 Å². The van der Waals surface area contributed by atoms with Crippen LogP contribution in [-0.2, 0) is 0 Å². The van der Waals surface area contributed by atoms with Crippen molar-refractivity contribution in [1.29, 1.82) is 0 Å². The van der Waals surface area contributed by atoms with Gasteiger partial charge in [-0.2, -0.15) is 0 Å². The maximum atomic E-state index is 9.76. The molecule has 14 heavy (non-hydrogen) atoms. The second kappa shape index (κ2) is 3.78. The summed E-state index contributed by atoms with van der Waals surface area (Å²) in [4.78, 5) is 2.20. The predicted octanol–water partition coefficient (Wildman–Crippen LogP) is 2.00. The average Bonchev–Trinajstić information content (AvgIpc) is 2.70. The van der Waals surface area contributed by atoms with Gasteiger partial charge in [0.25, 0.3) is 0 Å². The van der Waals surface area contributed by atoms with Crippen LogP contribution in [0.1, 0.15) is 12.8 Å². The van der Waals surface area contributed by atoms with Crippen molar-refractivity contribution < 1.29 is 9.84 Å². The van der Waals surface area contributed by atoms with E-state index in [0.29, 0.717) is 11.5 Å². The molecule has 3 nitrogen and oxygen atoms in total. The number of nitrogens with zero attached hydrogens (tertiary/aromatic N) is 1. The fourth-order valence-corrected chi connectivity index (χ4v) is 1.86. The Morgan fingerprint density at radius 1 is 1.29 bits per heavy atom. The third-order valence-corrected chi connectivity index (χ3v) is 2.63. The van der Waals surface area contributed by atoms with Crippen LogP contribution in [0.2, 0.25) is 0 Å². The molecule has 0 unspecified atom stereocenters. The van der Waals surface area contributed by atoms with E-state index in [2.05, 4.69) is 4.90 Å². The molecular formula is C11H15NO2. The minimum absolute atomic E-state index is 0.311. The second-order valence-electron chi connectivity index (χ2n) is 3.55. The Bertz CT molecular complexity index is 319. The van der Waals surface area contributed by atoms with Gasteiger partial charge in [-0.1, -0.05) is 0 Å². The quantitative estimate of drug-likeness (QED) is 0.779. The van der Waals surface area contributed by atoms with Crippen LogP contribution in [-0.4, -0.2) is 25.3 Å². The van der Waals surface area contributed by atoms with Crippen molar-refractivity contribution in [3.05, 3.63) is 18.2 Å². The number of hydrogen-bond donors (Lipinski definition) is 1. The lowest BCUT2D eigenvalue weighted by atomic mass is 10.2. The van der Waals surface area contributed by atoms with Gasteiger partial charge in [-0.3, -0.25) is 0 Å². The maximum absolute atomic E-state index is 9.76. The Morgan fingerprint density at radius 3 is 2.57 bits per heavy atom. The molecule has 1 aromatic rings. The standard InChI is InChI=1S/C11H15NO2/c1-14-9-4-5-10(11(13)8-9)12-6-2-3-7-12/h4-5,8,13H,2-3,6-7H2,1H3. The van der Waals surface area contributed by atoms with Crippen LogP contribution in [0.3, 0.4) is 0 Å².